The second kappa shape index (κ2) is 12.8. The lowest BCUT2D eigenvalue weighted by atomic mass is 9.83. The Balaban J connectivity index is 1.54. The van der Waals surface area contributed by atoms with Crippen LogP contribution in [0.3, 0.4) is 0 Å². The first kappa shape index (κ1) is 25.3. The van der Waals surface area contributed by atoms with Crippen molar-refractivity contribution in [1.29, 1.82) is 0 Å². The van der Waals surface area contributed by atoms with Gasteiger partial charge in [-0.15, -0.1) is 11.6 Å². The third-order valence-corrected chi connectivity index (χ3v) is 7.92. The average Bonchev–Trinajstić information content (AvgIpc) is 3.07. The number of carbonyl (C=O) groups is 1. The Morgan fingerprint density at radius 3 is 2.53 bits per heavy atom. The van der Waals surface area contributed by atoms with Crippen molar-refractivity contribution in [3.8, 4) is 0 Å². The summed E-state index contributed by atoms with van der Waals surface area (Å²) in [5.41, 5.74) is 2.03. The van der Waals surface area contributed by atoms with E-state index in [2.05, 4.69) is 6.08 Å². The number of carboxylic acid groups (broad SMARTS) is 1. The molecular weight excluding hydrogens is 424 g/mol. The second-order valence-electron chi connectivity index (χ2n) is 9.77. The van der Waals surface area contributed by atoms with E-state index in [0.717, 1.165) is 42.7 Å². The molecule has 5 heteroatoms. The molecule has 2 aliphatic carbocycles. The van der Waals surface area contributed by atoms with Crippen molar-refractivity contribution >= 4 is 17.6 Å². The minimum absolute atomic E-state index is 0.0189. The lowest BCUT2D eigenvalue weighted by Gasteiger charge is -2.24. The highest BCUT2D eigenvalue weighted by Gasteiger charge is 2.41. The smallest absolute Gasteiger partial charge is 0.303 e. The van der Waals surface area contributed by atoms with Gasteiger partial charge in [0.25, 0.3) is 0 Å². The molecule has 3 N–H and O–H groups in total. The van der Waals surface area contributed by atoms with Crippen molar-refractivity contribution in [2.45, 2.75) is 101 Å². The molecule has 0 amide bonds. The van der Waals surface area contributed by atoms with Gasteiger partial charge >= 0.3 is 5.97 Å². The van der Waals surface area contributed by atoms with Gasteiger partial charge in [0.05, 0.1) is 12.2 Å². The Morgan fingerprint density at radius 1 is 1.12 bits per heavy atom. The van der Waals surface area contributed by atoms with Crippen molar-refractivity contribution < 1.29 is 20.1 Å². The Bertz CT molecular complexity index is 726. The zero-order valence-electron chi connectivity index (χ0n) is 19.0. The van der Waals surface area contributed by atoms with Crippen LogP contribution in [0, 0.1) is 11.8 Å². The van der Waals surface area contributed by atoms with Crippen LogP contribution < -0.4 is 0 Å². The van der Waals surface area contributed by atoms with Gasteiger partial charge in [0.1, 0.15) is 0 Å². The van der Waals surface area contributed by atoms with Gasteiger partial charge in [-0.25, -0.2) is 0 Å². The molecule has 1 aromatic carbocycles. The maximum atomic E-state index is 10.7. The minimum Gasteiger partial charge on any atom is -0.481 e. The minimum atomic E-state index is -0.763. The molecule has 2 aliphatic rings. The van der Waals surface area contributed by atoms with Crippen molar-refractivity contribution in [3.05, 3.63) is 47.5 Å². The predicted octanol–water partition coefficient (Wildman–Crippen LogP) is 6.35. The SMILES string of the molecule is O=C(O)CCCC=CC[C@H]1[C@H](Cl)CC(O)[C@@H]1c1ccc(C(O)CCC2CCCCC2)cc1. The topological polar surface area (TPSA) is 77.8 Å². The van der Waals surface area contributed by atoms with Gasteiger partial charge in [-0.05, 0) is 61.5 Å². The monoisotopic (exact) mass is 462 g/mol. The first-order valence-corrected chi connectivity index (χ1v) is 12.9. The van der Waals surface area contributed by atoms with Crippen LogP contribution in [0.15, 0.2) is 36.4 Å². The lowest BCUT2D eigenvalue weighted by molar-refractivity contribution is -0.137. The molecule has 4 nitrogen and oxygen atoms in total. The summed E-state index contributed by atoms with van der Waals surface area (Å²) in [7, 11) is 0. The molecule has 0 heterocycles. The van der Waals surface area contributed by atoms with Gasteiger partial charge in [0.15, 0.2) is 0 Å². The van der Waals surface area contributed by atoms with Crippen LogP contribution in [-0.2, 0) is 4.79 Å². The summed E-state index contributed by atoms with van der Waals surface area (Å²) in [6.45, 7) is 0. The molecule has 0 saturated heterocycles. The molecule has 0 aromatic heterocycles. The number of aliphatic hydroxyl groups is 2. The molecule has 178 valence electrons. The summed E-state index contributed by atoms with van der Waals surface area (Å²) >= 11 is 6.58. The molecule has 5 atom stereocenters. The van der Waals surface area contributed by atoms with Crippen LogP contribution in [-0.4, -0.2) is 32.8 Å². The molecule has 0 bridgehead atoms. The fraction of sp³-hybridized carbons (Fsp3) is 0.667. The van der Waals surface area contributed by atoms with Crippen molar-refractivity contribution in [3.63, 3.8) is 0 Å². The normalized spacial score (nSPS) is 27.7. The van der Waals surface area contributed by atoms with Crippen LogP contribution in [0.4, 0.5) is 0 Å². The molecule has 0 radical (unpaired) electrons. The molecule has 2 saturated carbocycles. The van der Waals surface area contributed by atoms with E-state index < -0.39 is 18.2 Å². The van der Waals surface area contributed by atoms with E-state index in [1.165, 1.54) is 32.1 Å². The fourth-order valence-electron chi connectivity index (χ4n) is 5.54. The van der Waals surface area contributed by atoms with Crippen LogP contribution in [0.25, 0.3) is 0 Å². The molecule has 1 aromatic rings. The van der Waals surface area contributed by atoms with Gasteiger partial charge in [0, 0.05) is 17.7 Å². The lowest BCUT2D eigenvalue weighted by Crippen LogP contribution is -2.18. The van der Waals surface area contributed by atoms with Crippen molar-refractivity contribution in [2.24, 2.45) is 11.8 Å². The molecule has 32 heavy (non-hydrogen) atoms. The van der Waals surface area contributed by atoms with Gasteiger partial charge in [0.2, 0.25) is 0 Å². The summed E-state index contributed by atoms with van der Waals surface area (Å²) in [6.07, 6.45) is 14.7. The number of hydrogen-bond donors (Lipinski definition) is 3. The molecular formula is C27H39ClO4. The first-order valence-electron chi connectivity index (χ1n) is 12.4. The zero-order chi connectivity index (χ0) is 22.9. The fourth-order valence-corrected chi connectivity index (χ4v) is 5.99. The molecule has 2 unspecified atom stereocenters. The number of alkyl halides is 1. The number of carboxylic acids is 1. The summed E-state index contributed by atoms with van der Waals surface area (Å²) < 4.78 is 0. The van der Waals surface area contributed by atoms with E-state index in [0.29, 0.717) is 12.8 Å². The Morgan fingerprint density at radius 2 is 1.84 bits per heavy atom. The number of rotatable bonds is 11. The number of aliphatic hydroxyl groups excluding tert-OH is 2. The van der Waals surface area contributed by atoms with Crippen LogP contribution >= 0.6 is 11.6 Å². The van der Waals surface area contributed by atoms with E-state index in [9.17, 15) is 15.0 Å². The molecule has 3 rings (SSSR count). The maximum absolute atomic E-state index is 10.7. The standard InChI is InChI=1S/C27H39ClO4/c28-23-18-25(30)27(22(23)10-6-1-2-7-11-26(31)32)21-15-13-20(14-16-21)24(29)17-12-19-8-4-3-5-9-19/h1,6,13-16,19,22-25,27,29-30H,2-5,7-12,17-18H2,(H,31,32)/t22-,23+,24?,25?,27+/m0/s1. The zero-order valence-corrected chi connectivity index (χ0v) is 19.8. The predicted molar refractivity (Wildman–Crippen MR) is 129 cm³/mol. The third kappa shape index (κ3) is 7.33. The Hall–Kier alpha value is -1.36. The maximum Gasteiger partial charge on any atom is 0.303 e. The number of benzene rings is 1. The van der Waals surface area contributed by atoms with Crippen LogP contribution in [0.5, 0.6) is 0 Å². The number of hydrogen-bond acceptors (Lipinski definition) is 3. The third-order valence-electron chi connectivity index (χ3n) is 7.42. The Labute approximate surface area is 197 Å². The largest absolute Gasteiger partial charge is 0.481 e. The van der Waals surface area contributed by atoms with E-state index in [-0.39, 0.29) is 23.6 Å². The highest BCUT2D eigenvalue weighted by atomic mass is 35.5. The van der Waals surface area contributed by atoms with E-state index >= 15 is 0 Å². The van der Waals surface area contributed by atoms with E-state index in [1.807, 2.05) is 30.3 Å². The van der Waals surface area contributed by atoms with Crippen LogP contribution in [0.2, 0.25) is 0 Å². The van der Waals surface area contributed by atoms with Crippen molar-refractivity contribution in [2.75, 3.05) is 0 Å². The second-order valence-corrected chi connectivity index (χ2v) is 10.3. The summed E-state index contributed by atoms with van der Waals surface area (Å²) in [5.74, 6) is 0.129. The quantitative estimate of drug-likeness (QED) is 0.203. The Kier molecular flexibility index (Phi) is 10.1. The number of unbranched alkanes of at least 4 members (excludes halogenated alkanes) is 1. The van der Waals surface area contributed by atoms with Crippen molar-refractivity contribution in [1.82, 2.24) is 0 Å². The van der Waals surface area contributed by atoms with Gasteiger partial charge < -0.3 is 15.3 Å². The van der Waals surface area contributed by atoms with E-state index in [4.69, 9.17) is 16.7 Å². The van der Waals surface area contributed by atoms with Gasteiger partial charge in [-0.1, -0.05) is 68.5 Å². The van der Waals surface area contributed by atoms with E-state index in [1.54, 1.807) is 0 Å². The summed E-state index contributed by atoms with van der Waals surface area (Å²) in [4.78, 5) is 10.6. The average molecular weight is 463 g/mol. The van der Waals surface area contributed by atoms with Crippen LogP contribution in [0.1, 0.15) is 100 Å². The number of aliphatic carboxylic acids is 1. The highest BCUT2D eigenvalue weighted by Crippen LogP contribution is 2.45. The molecule has 0 spiro atoms. The van der Waals surface area contributed by atoms with Gasteiger partial charge in [-0.3, -0.25) is 4.79 Å². The first-order chi connectivity index (χ1) is 15.5. The molecule has 0 aliphatic heterocycles. The molecule has 2 fully saturated rings. The highest BCUT2D eigenvalue weighted by molar-refractivity contribution is 6.21. The summed E-state index contributed by atoms with van der Waals surface area (Å²) in [5, 5.41) is 30.0. The number of allylic oxidation sites excluding steroid dienone is 2. The number of halogens is 1. The van der Waals surface area contributed by atoms with Gasteiger partial charge in [-0.2, -0.15) is 0 Å². The summed E-state index contributed by atoms with van der Waals surface area (Å²) in [6, 6.07) is 8.11.